The summed E-state index contributed by atoms with van der Waals surface area (Å²) in [5.74, 6) is 0. The summed E-state index contributed by atoms with van der Waals surface area (Å²) in [6.07, 6.45) is 0. The Morgan fingerprint density at radius 2 is 0.812 bits per heavy atom. The SMILES string of the molecule is Nc1ccc(-c2ccc(-c3ccccc3-c3ccc(-c4cccc5c4oc4c(-c6ccccc6)cc6ccccc6c45)cc3)cc2)cc1. The van der Waals surface area contributed by atoms with Crippen molar-refractivity contribution in [2.75, 3.05) is 5.73 Å². The molecule has 0 fully saturated rings. The van der Waals surface area contributed by atoms with Gasteiger partial charge in [-0.25, -0.2) is 0 Å². The lowest BCUT2D eigenvalue weighted by Crippen LogP contribution is -1.87. The first-order valence-electron chi connectivity index (χ1n) is 16.3. The van der Waals surface area contributed by atoms with Crippen LogP contribution in [-0.2, 0) is 0 Å². The topological polar surface area (TPSA) is 39.2 Å². The second kappa shape index (κ2) is 11.5. The van der Waals surface area contributed by atoms with Gasteiger partial charge in [-0.2, -0.15) is 0 Å². The van der Waals surface area contributed by atoms with Gasteiger partial charge in [-0.3, -0.25) is 0 Å². The standard InChI is InChI=1S/C46H31NO/c47-37-27-25-31(26-28-37)30-17-19-33(20-18-30)38-12-6-7-13-39(38)34-21-23-35(24-22-34)41-15-8-16-42-44-40-14-5-4-11-36(40)29-43(46(44)48-45(41)42)32-9-2-1-3-10-32/h1-29H,47H2. The summed E-state index contributed by atoms with van der Waals surface area (Å²) in [4.78, 5) is 0. The third-order valence-electron chi connectivity index (χ3n) is 9.45. The highest BCUT2D eigenvalue weighted by atomic mass is 16.3. The number of hydrogen-bond donors (Lipinski definition) is 1. The maximum absolute atomic E-state index is 6.86. The van der Waals surface area contributed by atoms with E-state index in [-0.39, 0.29) is 0 Å². The van der Waals surface area contributed by atoms with Crippen LogP contribution < -0.4 is 5.73 Å². The van der Waals surface area contributed by atoms with Gasteiger partial charge in [-0.05, 0) is 73.5 Å². The molecule has 0 aliphatic carbocycles. The van der Waals surface area contributed by atoms with Gasteiger partial charge in [0, 0.05) is 27.6 Å². The van der Waals surface area contributed by atoms with Crippen LogP contribution in [0, 0.1) is 0 Å². The molecule has 0 aliphatic rings. The van der Waals surface area contributed by atoms with E-state index in [4.69, 9.17) is 10.2 Å². The van der Waals surface area contributed by atoms with Crippen molar-refractivity contribution < 1.29 is 4.42 Å². The highest BCUT2D eigenvalue weighted by molar-refractivity contribution is 6.24. The molecule has 0 aliphatic heterocycles. The Labute approximate surface area is 279 Å². The number of rotatable bonds is 5. The van der Waals surface area contributed by atoms with Gasteiger partial charge in [0.25, 0.3) is 0 Å². The number of para-hydroxylation sites is 1. The minimum atomic E-state index is 0.774. The first kappa shape index (κ1) is 27.9. The van der Waals surface area contributed by atoms with Crippen LogP contribution in [0.5, 0.6) is 0 Å². The Morgan fingerprint density at radius 3 is 1.48 bits per heavy atom. The molecule has 2 nitrogen and oxygen atoms in total. The van der Waals surface area contributed by atoms with E-state index >= 15 is 0 Å². The van der Waals surface area contributed by atoms with Crippen LogP contribution in [0.25, 0.3) is 88.3 Å². The Hall–Kier alpha value is -6.38. The molecule has 0 unspecified atom stereocenters. The molecule has 0 amide bonds. The maximum atomic E-state index is 6.86. The Balaban J connectivity index is 1.12. The summed E-state index contributed by atoms with van der Waals surface area (Å²) in [6, 6.07) is 62.2. The maximum Gasteiger partial charge on any atom is 0.143 e. The van der Waals surface area contributed by atoms with Crippen molar-refractivity contribution in [2.24, 2.45) is 0 Å². The normalized spacial score (nSPS) is 11.4. The summed E-state index contributed by atoms with van der Waals surface area (Å²) in [6.45, 7) is 0. The third-order valence-corrected chi connectivity index (χ3v) is 9.45. The van der Waals surface area contributed by atoms with E-state index in [1.54, 1.807) is 0 Å². The lowest BCUT2D eigenvalue weighted by molar-refractivity contribution is 0.671. The molecule has 0 spiro atoms. The van der Waals surface area contributed by atoms with E-state index in [1.165, 1.54) is 38.6 Å². The zero-order valence-electron chi connectivity index (χ0n) is 26.2. The molecule has 2 N–H and O–H groups in total. The summed E-state index contributed by atoms with van der Waals surface area (Å²) >= 11 is 0. The van der Waals surface area contributed by atoms with Crippen molar-refractivity contribution >= 4 is 38.4 Å². The molecule has 2 heteroatoms. The number of hydrogen-bond acceptors (Lipinski definition) is 2. The zero-order valence-corrected chi connectivity index (χ0v) is 26.2. The van der Waals surface area contributed by atoms with Gasteiger partial charge in [0.2, 0.25) is 0 Å². The molecular formula is C46H31NO. The van der Waals surface area contributed by atoms with Crippen LogP contribution >= 0.6 is 0 Å². The molecular weight excluding hydrogens is 583 g/mol. The van der Waals surface area contributed by atoms with E-state index in [9.17, 15) is 0 Å². The molecule has 1 aromatic heterocycles. The molecule has 1 heterocycles. The first-order valence-corrected chi connectivity index (χ1v) is 16.3. The predicted molar refractivity (Wildman–Crippen MR) is 203 cm³/mol. The molecule has 0 saturated heterocycles. The molecule has 226 valence electrons. The zero-order chi connectivity index (χ0) is 32.0. The van der Waals surface area contributed by atoms with Gasteiger partial charge in [0.15, 0.2) is 0 Å². The molecule has 0 atom stereocenters. The van der Waals surface area contributed by atoms with Crippen LogP contribution in [0.15, 0.2) is 180 Å². The highest BCUT2D eigenvalue weighted by Gasteiger charge is 2.19. The number of benzene rings is 8. The van der Waals surface area contributed by atoms with Crippen LogP contribution in [-0.4, -0.2) is 0 Å². The Bertz CT molecular complexity index is 2580. The van der Waals surface area contributed by atoms with Crippen LogP contribution in [0.3, 0.4) is 0 Å². The molecule has 8 aromatic carbocycles. The lowest BCUT2D eigenvalue weighted by Gasteiger charge is -2.12. The number of nitrogens with two attached hydrogens (primary N) is 1. The van der Waals surface area contributed by atoms with Gasteiger partial charge in [0.1, 0.15) is 11.2 Å². The molecule has 48 heavy (non-hydrogen) atoms. The minimum Gasteiger partial charge on any atom is -0.455 e. The molecule has 0 saturated carbocycles. The van der Waals surface area contributed by atoms with Crippen LogP contribution in [0.1, 0.15) is 0 Å². The Kier molecular flexibility index (Phi) is 6.65. The van der Waals surface area contributed by atoms with Crippen molar-refractivity contribution in [3.8, 4) is 55.6 Å². The van der Waals surface area contributed by atoms with Gasteiger partial charge in [-0.15, -0.1) is 0 Å². The second-order valence-corrected chi connectivity index (χ2v) is 12.3. The van der Waals surface area contributed by atoms with E-state index < -0.39 is 0 Å². The highest BCUT2D eigenvalue weighted by Crippen LogP contribution is 2.44. The largest absolute Gasteiger partial charge is 0.455 e. The first-order chi connectivity index (χ1) is 23.7. The molecule has 9 aromatic rings. The predicted octanol–water partition coefficient (Wildman–Crippen LogP) is 12.7. The average Bonchev–Trinajstić information content (AvgIpc) is 3.56. The summed E-state index contributed by atoms with van der Waals surface area (Å²) in [7, 11) is 0. The van der Waals surface area contributed by atoms with Crippen molar-refractivity contribution in [1.29, 1.82) is 0 Å². The van der Waals surface area contributed by atoms with Gasteiger partial charge < -0.3 is 10.2 Å². The van der Waals surface area contributed by atoms with E-state index in [0.29, 0.717) is 0 Å². The molecule has 9 rings (SSSR count). The number of nitrogen functional groups attached to an aromatic ring is 1. The fourth-order valence-corrected chi connectivity index (χ4v) is 7.04. The molecule has 0 radical (unpaired) electrons. The fraction of sp³-hybridized carbons (Fsp3) is 0. The van der Waals surface area contributed by atoms with E-state index in [1.807, 2.05) is 12.1 Å². The third kappa shape index (κ3) is 4.74. The average molecular weight is 614 g/mol. The quantitative estimate of drug-likeness (QED) is 0.196. The van der Waals surface area contributed by atoms with Gasteiger partial charge >= 0.3 is 0 Å². The number of anilines is 1. The van der Waals surface area contributed by atoms with Crippen LogP contribution in [0.4, 0.5) is 5.69 Å². The minimum absolute atomic E-state index is 0.774. The monoisotopic (exact) mass is 613 g/mol. The number of furan rings is 1. The number of fused-ring (bicyclic) bond motifs is 5. The molecule has 0 bridgehead atoms. The van der Waals surface area contributed by atoms with Crippen LogP contribution in [0.2, 0.25) is 0 Å². The van der Waals surface area contributed by atoms with E-state index in [0.717, 1.165) is 55.4 Å². The summed E-state index contributed by atoms with van der Waals surface area (Å²) in [5.41, 5.74) is 20.1. The fourth-order valence-electron chi connectivity index (χ4n) is 7.04. The van der Waals surface area contributed by atoms with Crippen molar-refractivity contribution in [1.82, 2.24) is 0 Å². The Morgan fingerprint density at radius 1 is 0.333 bits per heavy atom. The van der Waals surface area contributed by atoms with E-state index in [2.05, 4.69) is 164 Å². The smallest absolute Gasteiger partial charge is 0.143 e. The summed E-state index contributed by atoms with van der Waals surface area (Å²) < 4.78 is 6.86. The van der Waals surface area contributed by atoms with Crippen molar-refractivity contribution in [3.05, 3.63) is 176 Å². The van der Waals surface area contributed by atoms with Gasteiger partial charge in [-0.1, -0.05) is 158 Å². The van der Waals surface area contributed by atoms with Crippen molar-refractivity contribution in [3.63, 3.8) is 0 Å². The second-order valence-electron chi connectivity index (χ2n) is 12.3. The lowest BCUT2D eigenvalue weighted by atomic mass is 9.92. The van der Waals surface area contributed by atoms with Gasteiger partial charge in [0.05, 0.1) is 0 Å². The summed E-state index contributed by atoms with van der Waals surface area (Å²) in [5, 5.41) is 4.71. The van der Waals surface area contributed by atoms with Crippen molar-refractivity contribution in [2.45, 2.75) is 0 Å².